The summed E-state index contributed by atoms with van der Waals surface area (Å²) < 4.78 is 10.6. The maximum atomic E-state index is 11.1. The van der Waals surface area contributed by atoms with Crippen LogP contribution in [-0.2, 0) is 11.2 Å². The van der Waals surface area contributed by atoms with Gasteiger partial charge >= 0.3 is 5.97 Å². The lowest BCUT2D eigenvalue weighted by molar-refractivity contribution is -0.131. The highest BCUT2D eigenvalue weighted by Gasteiger charge is 2.09. The molecule has 0 saturated heterocycles. The van der Waals surface area contributed by atoms with E-state index in [-0.39, 0.29) is 0 Å². The number of carbonyl (C=O) groups is 1. The fraction of sp³-hybridized carbons (Fsp3) is 0.286. The Bertz CT molecular complexity index is 741. The molecule has 0 fully saturated rings. The first-order valence-corrected chi connectivity index (χ1v) is 9.31. The Kier molecular flexibility index (Phi) is 8.09. The van der Waals surface area contributed by atoms with Gasteiger partial charge in [0.15, 0.2) is 11.5 Å². The molecule has 0 amide bonds. The number of rotatable bonds is 10. The first-order valence-electron chi connectivity index (χ1n) is 8.49. The molecule has 138 valence electrons. The van der Waals surface area contributed by atoms with E-state index in [1.165, 1.54) is 23.4 Å². The number of hydrogen-bond acceptors (Lipinski definition) is 4. The number of ether oxygens (including phenoxy) is 2. The highest BCUT2D eigenvalue weighted by atomic mass is 32.2. The Hall–Kier alpha value is -2.40. The number of aryl methyl sites for hydroxylation is 1. The van der Waals surface area contributed by atoms with Crippen molar-refractivity contribution in [2.24, 2.45) is 0 Å². The third kappa shape index (κ3) is 6.48. The molecule has 0 unspecified atom stereocenters. The number of allylic oxidation sites excluding steroid dienone is 1. The molecular formula is C21H24O4S. The average Bonchev–Trinajstić information content (AvgIpc) is 2.65. The lowest BCUT2D eigenvalue weighted by Crippen LogP contribution is -1.93. The van der Waals surface area contributed by atoms with Crippen molar-refractivity contribution in [3.05, 3.63) is 65.1 Å². The zero-order valence-corrected chi connectivity index (χ0v) is 15.9. The zero-order chi connectivity index (χ0) is 18.8. The zero-order valence-electron chi connectivity index (χ0n) is 15.1. The molecule has 0 bridgehead atoms. The van der Waals surface area contributed by atoms with Crippen LogP contribution in [0.2, 0.25) is 0 Å². The average molecular weight is 372 g/mol. The molecule has 0 radical (unpaired) electrons. The van der Waals surface area contributed by atoms with E-state index in [1.807, 2.05) is 36.4 Å². The van der Waals surface area contributed by atoms with Gasteiger partial charge in [-0.05, 0) is 54.4 Å². The first kappa shape index (κ1) is 19.9. The van der Waals surface area contributed by atoms with Crippen LogP contribution in [0.25, 0.3) is 0 Å². The number of thioether (sulfide) groups is 1. The van der Waals surface area contributed by atoms with E-state index in [0.29, 0.717) is 11.5 Å². The number of carboxylic acids is 1. The molecule has 0 aliphatic rings. The second-order valence-corrected chi connectivity index (χ2v) is 6.96. The molecule has 0 saturated carbocycles. The summed E-state index contributed by atoms with van der Waals surface area (Å²) in [7, 11) is 3.18. The summed E-state index contributed by atoms with van der Waals surface area (Å²) in [6, 6.07) is 15.9. The fourth-order valence-corrected chi connectivity index (χ4v) is 3.61. The number of carboxylic acid groups (broad SMARTS) is 1. The van der Waals surface area contributed by atoms with E-state index in [1.54, 1.807) is 14.2 Å². The standard InChI is InChI=1S/C21H24O4S/c1-24-19-13-12-18(14-20(19)25-2)26-17(15-21(22)23)11-7-6-10-16-8-4-3-5-9-16/h3-5,8-9,12-15H,6-7,10-11H2,1-2H3,(H,22,23). The molecule has 0 spiro atoms. The summed E-state index contributed by atoms with van der Waals surface area (Å²) in [4.78, 5) is 12.9. The van der Waals surface area contributed by atoms with Gasteiger partial charge in [0.1, 0.15) is 0 Å². The Morgan fingerprint density at radius 3 is 2.42 bits per heavy atom. The molecule has 4 nitrogen and oxygen atoms in total. The van der Waals surface area contributed by atoms with Gasteiger partial charge in [-0.3, -0.25) is 0 Å². The van der Waals surface area contributed by atoms with Crippen LogP contribution in [0.3, 0.4) is 0 Å². The van der Waals surface area contributed by atoms with Gasteiger partial charge < -0.3 is 14.6 Å². The third-order valence-electron chi connectivity index (χ3n) is 3.87. The van der Waals surface area contributed by atoms with Gasteiger partial charge in [-0.15, -0.1) is 0 Å². The maximum Gasteiger partial charge on any atom is 0.329 e. The minimum absolute atomic E-state index is 0.635. The van der Waals surface area contributed by atoms with Crippen molar-refractivity contribution < 1.29 is 19.4 Å². The molecule has 0 aromatic heterocycles. The Balaban J connectivity index is 1.96. The molecule has 2 rings (SSSR count). The van der Waals surface area contributed by atoms with Gasteiger partial charge in [0.25, 0.3) is 0 Å². The molecule has 2 aromatic rings. The minimum Gasteiger partial charge on any atom is -0.493 e. The molecule has 26 heavy (non-hydrogen) atoms. The van der Waals surface area contributed by atoms with Crippen molar-refractivity contribution >= 4 is 17.7 Å². The topological polar surface area (TPSA) is 55.8 Å². The first-order chi connectivity index (χ1) is 12.6. The normalized spacial score (nSPS) is 11.2. The predicted molar refractivity (Wildman–Crippen MR) is 105 cm³/mol. The molecule has 0 aliphatic heterocycles. The van der Waals surface area contributed by atoms with Crippen LogP contribution in [-0.4, -0.2) is 25.3 Å². The Morgan fingerprint density at radius 1 is 1.04 bits per heavy atom. The molecular weight excluding hydrogens is 348 g/mol. The van der Waals surface area contributed by atoms with Gasteiger partial charge in [-0.1, -0.05) is 42.1 Å². The molecule has 5 heteroatoms. The van der Waals surface area contributed by atoms with Crippen LogP contribution >= 0.6 is 11.8 Å². The highest BCUT2D eigenvalue weighted by Crippen LogP contribution is 2.36. The van der Waals surface area contributed by atoms with Gasteiger partial charge in [-0.2, -0.15) is 0 Å². The predicted octanol–water partition coefficient (Wildman–Crippen LogP) is 5.18. The summed E-state index contributed by atoms with van der Waals surface area (Å²) in [6.45, 7) is 0. The smallest absolute Gasteiger partial charge is 0.329 e. The summed E-state index contributed by atoms with van der Waals surface area (Å²) in [5.41, 5.74) is 1.31. The second-order valence-electron chi connectivity index (χ2n) is 5.76. The molecule has 2 aromatic carbocycles. The minimum atomic E-state index is -0.920. The molecule has 1 N–H and O–H groups in total. The maximum absolute atomic E-state index is 11.1. The van der Waals surface area contributed by atoms with Crippen LogP contribution in [0.15, 0.2) is 64.4 Å². The van der Waals surface area contributed by atoms with E-state index in [4.69, 9.17) is 14.6 Å². The van der Waals surface area contributed by atoms with E-state index in [9.17, 15) is 4.79 Å². The van der Waals surface area contributed by atoms with Crippen LogP contribution in [0.5, 0.6) is 11.5 Å². The number of methoxy groups -OCH3 is 2. The lowest BCUT2D eigenvalue weighted by atomic mass is 10.1. The molecule has 0 atom stereocenters. The second kappa shape index (κ2) is 10.6. The molecule has 0 aliphatic carbocycles. The number of benzene rings is 2. The fourth-order valence-electron chi connectivity index (χ4n) is 2.59. The summed E-state index contributed by atoms with van der Waals surface area (Å²) >= 11 is 1.46. The number of unbranched alkanes of at least 4 members (excludes halogenated alkanes) is 1. The van der Waals surface area contributed by atoms with Crippen molar-refractivity contribution in [3.63, 3.8) is 0 Å². The van der Waals surface area contributed by atoms with Crippen molar-refractivity contribution in [1.29, 1.82) is 0 Å². The van der Waals surface area contributed by atoms with Crippen LogP contribution in [0.1, 0.15) is 24.8 Å². The van der Waals surface area contributed by atoms with Crippen molar-refractivity contribution in [1.82, 2.24) is 0 Å². The van der Waals surface area contributed by atoms with Crippen molar-refractivity contribution in [2.45, 2.75) is 30.6 Å². The molecule has 0 heterocycles. The number of aliphatic carboxylic acids is 1. The van der Waals surface area contributed by atoms with Gasteiger partial charge in [0.05, 0.1) is 14.2 Å². The SMILES string of the molecule is COc1ccc(SC(=CC(=O)O)CCCCc2ccccc2)cc1OC. The quantitative estimate of drug-likeness (QED) is 0.354. The summed E-state index contributed by atoms with van der Waals surface area (Å²) in [5.74, 6) is 0.371. The van der Waals surface area contributed by atoms with Gasteiger partial charge in [0, 0.05) is 11.0 Å². The summed E-state index contributed by atoms with van der Waals surface area (Å²) in [6.07, 6.45) is 4.99. The van der Waals surface area contributed by atoms with Gasteiger partial charge in [-0.25, -0.2) is 4.79 Å². The van der Waals surface area contributed by atoms with Gasteiger partial charge in [0.2, 0.25) is 0 Å². The Labute approximate surface area is 158 Å². The highest BCUT2D eigenvalue weighted by molar-refractivity contribution is 8.03. The van der Waals surface area contributed by atoms with Crippen molar-refractivity contribution in [2.75, 3.05) is 14.2 Å². The van der Waals surface area contributed by atoms with E-state index >= 15 is 0 Å². The van der Waals surface area contributed by atoms with E-state index in [0.717, 1.165) is 35.5 Å². The van der Waals surface area contributed by atoms with E-state index in [2.05, 4.69) is 12.1 Å². The summed E-state index contributed by atoms with van der Waals surface area (Å²) in [5, 5.41) is 9.14. The van der Waals surface area contributed by atoms with Crippen LogP contribution < -0.4 is 9.47 Å². The lowest BCUT2D eigenvalue weighted by Gasteiger charge is -2.11. The van der Waals surface area contributed by atoms with E-state index < -0.39 is 5.97 Å². The van der Waals surface area contributed by atoms with Crippen LogP contribution in [0, 0.1) is 0 Å². The largest absolute Gasteiger partial charge is 0.493 e. The third-order valence-corrected chi connectivity index (χ3v) is 4.94. The number of hydrogen-bond donors (Lipinski definition) is 1. The monoisotopic (exact) mass is 372 g/mol. The van der Waals surface area contributed by atoms with Crippen LogP contribution in [0.4, 0.5) is 0 Å². The Morgan fingerprint density at radius 2 is 1.77 bits per heavy atom. The van der Waals surface area contributed by atoms with Crippen molar-refractivity contribution in [3.8, 4) is 11.5 Å².